The van der Waals surface area contributed by atoms with Gasteiger partial charge in [0.1, 0.15) is 0 Å². The van der Waals surface area contributed by atoms with Gasteiger partial charge in [0, 0.05) is 57.0 Å². The van der Waals surface area contributed by atoms with E-state index in [0.717, 1.165) is 16.7 Å². The van der Waals surface area contributed by atoms with Gasteiger partial charge in [0.05, 0.1) is 0 Å². The van der Waals surface area contributed by atoms with E-state index in [1.165, 1.54) is 62.6 Å². The average Bonchev–Trinajstić information content (AvgIpc) is 3.77. The maximum Gasteiger partial charge on any atom is 0.164 e. The van der Waals surface area contributed by atoms with E-state index in [9.17, 15) is 0 Å². The molecule has 234 valence electrons. The molecule has 0 aliphatic rings. The molecule has 50 heavy (non-hydrogen) atoms. The van der Waals surface area contributed by atoms with Gasteiger partial charge in [-0.25, -0.2) is 15.0 Å². The van der Waals surface area contributed by atoms with Crippen LogP contribution in [-0.4, -0.2) is 15.0 Å². The molecule has 3 heterocycles. The van der Waals surface area contributed by atoms with Crippen molar-refractivity contribution in [3.05, 3.63) is 164 Å². The molecular weight excluding hydrogens is 647 g/mol. The predicted molar refractivity (Wildman–Crippen MR) is 213 cm³/mol. The zero-order valence-electron chi connectivity index (χ0n) is 26.7. The number of hydrogen-bond acceptors (Lipinski definition) is 5. The predicted octanol–water partition coefficient (Wildman–Crippen LogP) is 12.9. The first-order chi connectivity index (χ1) is 24.8. The van der Waals surface area contributed by atoms with Crippen LogP contribution in [0.5, 0.6) is 0 Å². The lowest BCUT2D eigenvalue weighted by molar-refractivity contribution is 1.07. The molecule has 0 amide bonds. The molecule has 5 heteroatoms. The lowest BCUT2D eigenvalue weighted by Crippen LogP contribution is -2.00. The summed E-state index contributed by atoms with van der Waals surface area (Å²) in [5.74, 6) is 1.96. The maximum absolute atomic E-state index is 5.05. The summed E-state index contributed by atoms with van der Waals surface area (Å²) in [5.41, 5.74) is 7.67. The van der Waals surface area contributed by atoms with Crippen LogP contribution in [0, 0.1) is 0 Å². The van der Waals surface area contributed by atoms with Gasteiger partial charge in [-0.15, -0.1) is 22.7 Å². The van der Waals surface area contributed by atoms with Gasteiger partial charge < -0.3 is 0 Å². The fourth-order valence-electron chi connectivity index (χ4n) is 6.94. The second-order valence-electron chi connectivity index (χ2n) is 12.4. The SMILES string of the molecule is c1ccc(-c2nc(-c3ccc(-c4cccc5c4sc4ccccc45)cc3)nc(-c3ccc(-c4cccc5sc6ccccc6c45)cc3)n2)cc1. The van der Waals surface area contributed by atoms with E-state index in [1.807, 2.05) is 53.0 Å². The molecule has 0 N–H and O–H groups in total. The van der Waals surface area contributed by atoms with Crippen molar-refractivity contribution in [1.29, 1.82) is 0 Å². The second-order valence-corrected chi connectivity index (χ2v) is 14.5. The van der Waals surface area contributed by atoms with E-state index in [2.05, 4.69) is 133 Å². The molecule has 7 aromatic carbocycles. The number of thiophene rings is 2. The van der Waals surface area contributed by atoms with Crippen molar-refractivity contribution in [3.63, 3.8) is 0 Å². The Hall–Kier alpha value is -6.01. The highest BCUT2D eigenvalue weighted by atomic mass is 32.1. The van der Waals surface area contributed by atoms with Crippen molar-refractivity contribution in [3.8, 4) is 56.4 Å². The Labute approximate surface area is 296 Å². The Morgan fingerprint density at radius 1 is 0.300 bits per heavy atom. The molecule has 3 aromatic heterocycles. The molecule has 0 aliphatic heterocycles. The van der Waals surface area contributed by atoms with Crippen LogP contribution in [0.4, 0.5) is 0 Å². The molecule has 0 atom stereocenters. The fraction of sp³-hybridized carbons (Fsp3) is 0. The van der Waals surface area contributed by atoms with Crippen molar-refractivity contribution >= 4 is 63.0 Å². The fourth-order valence-corrected chi connectivity index (χ4v) is 9.31. The van der Waals surface area contributed by atoms with Crippen LogP contribution in [0.3, 0.4) is 0 Å². The Morgan fingerprint density at radius 3 is 1.44 bits per heavy atom. The quantitative estimate of drug-likeness (QED) is 0.182. The molecule has 0 unspecified atom stereocenters. The van der Waals surface area contributed by atoms with Crippen molar-refractivity contribution in [2.24, 2.45) is 0 Å². The van der Waals surface area contributed by atoms with Crippen LogP contribution in [0.15, 0.2) is 164 Å². The molecule has 0 radical (unpaired) electrons. The third kappa shape index (κ3) is 4.90. The van der Waals surface area contributed by atoms with Crippen molar-refractivity contribution < 1.29 is 0 Å². The van der Waals surface area contributed by atoms with Gasteiger partial charge >= 0.3 is 0 Å². The molecular formula is C45H27N3S2. The van der Waals surface area contributed by atoms with Gasteiger partial charge in [0.15, 0.2) is 17.5 Å². The Balaban J connectivity index is 1.05. The monoisotopic (exact) mass is 673 g/mol. The standard InChI is InChI=1S/C45H27N3S2/c1-2-10-30(11-3-1)43-46-44(31-24-20-28(21-25-31)33-14-9-19-40-41(33)37-13-5-7-18-39(37)49-40)48-45(47-43)32-26-22-29(23-27-32)34-15-8-16-36-35-12-4-6-17-38(35)50-42(34)36/h1-27H. The zero-order valence-corrected chi connectivity index (χ0v) is 28.4. The smallest absolute Gasteiger partial charge is 0.164 e. The van der Waals surface area contributed by atoms with Crippen LogP contribution in [0.2, 0.25) is 0 Å². The first-order valence-corrected chi connectivity index (χ1v) is 18.2. The summed E-state index contributed by atoms with van der Waals surface area (Å²) < 4.78 is 5.22. The lowest BCUT2D eigenvalue weighted by Gasteiger charge is -2.10. The third-order valence-corrected chi connectivity index (χ3v) is 11.7. The summed E-state index contributed by atoms with van der Waals surface area (Å²) in [6.45, 7) is 0. The molecule has 0 aliphatic carbocycles. The zero-order chi connectivity index (χ0) is 33.0. The highest BCUT2D eigenvalue weighted by molar-refractivity contribution is 7.26. The number of aromatic nitrogens is 3. The summed E-state index contributed by atoms with van der Waals surface area (Å²) in [6.07, 6.45) is 0. The van der Waals surface area contributed by atoms with E-state index in [4.69, 9.17) is 15.0 Å². The number of hydrogen-bond donors (Lipinski definition) is 0. The van der Waals surface area contributed by atoms with Crippen molar-refractivity contribution in [2.45, 2.75) is 0 Å². The molecule has 10 aromatic rings. The van der Waals surface area contributed by atoms with E-state index in [1.54, 1.807) is 0 Å². The highest BCUT2D eigenvalue weighted by Crippen LogP contribution is 2.41. The van der Waals surface area contributed by atoms with Crippen molar-refractivity contribution in [2.75, 3.05) is 0 Å². The summed E-state index contributed by atoms with van der Waals surface area (Å²) in [4.78, 5) is 15.0. The molecule has 0 saturated carbocycles. The third-order valence-electron chi connectivity index (χ3n) is 9.38. The Bertz CT molecular complexity index is 2850. The van der Waals surface area contributed by atoms with E-state index >= 15 is 0 Å². The summed E-state index contributed by atoms with van der Waals surface area (Å²) in [7, 11) is 0. The van der Waals surface area contributed by atoms with Crippen LogP contribution >= 0.6 is 22.7 Å². The molecule has 3 nitrogen and oxygen atoms in total. The van der Waals surface area contributed by atoms with E-state index in [0.29, 0.717) is 17.5 Å². The van der Waals surface area contributed by atoms with Gasteiger partial charge in [-0.2, -0.15) is 0 Å². The Kier molecular flexibility index (Phi) is 6.86. The summed E-state index contributed by atoms with van der Waals surface area (Å²) >= 11 is 3.69. The first kappa shape index (κ1) is 29.0. The minimum atomic E-state index is 0.652. The number of nitrogens with zero attached hydrogens (tertiary/aromatic N) is 3. The summed E-state index contributed by atoms with van der Waals surface area (Å²) in [6, 6.07) is 57.9. The molecule has 0 fully saturated rings. The minimum Gasteiger partial charge on any atom is -0.208 e. The van der Waals surface area contributed by atoms with Crippen LogP contribution in [-0.2, 0) is 0 Å². The number of benzene rings is 7. The van der Waals surface area contributed by atoms with Gasteiger partial charge in [0.2, 0.25) is 0 Å². The van der Waals surface area contributed by atoms with E-state index in [-0.39, 0.29) is 0 Å². The van der Waals surface area contributed by atoms with Crippen LogP contribution in [0.25, 0.3) is 96.8 Å². The first-order valence-electron chi connectivity index (χ1n) is 16.6. The van der Waals surface area contributed by atoms with E-state index < -0.39 is 0 Å². The summed E-state index contributed by atoms with van der Waals surface area (Å²) in [5, 5.41) is 5.21. The van der Waals surface area contributed by atoms with Gasteiger partial charge in [-0.1, -0.05) is 146 Å². The average molecular weight is 674 g/mol. The highest BCUT2D eigenvalue weighted by Gasteiger charge is 2.15. The van der Waals surface area contributed by atoms with Crippen LogP contribution < -0.4 is 0 Å². The lowest BCUT2D eigenvalue weighted by atomic mass is 9.98. The van der Waals surface area contributed by atoms with Gasteiger partial charge in [-0.05, 0) is 40.5 Å². The normalized spacial score (nSPS) is 11.6. The molecule has 0 spiro atoms. The largest absolute Gasteiger partial charge is 0.208 e. The molecule has 10 rings (SSSR count). The molecule has 0 bridgehead atoms. The second kappa shape index (κ2) is 11.8. The molecule has 0 saturated heterocycles. The Morgan fingerprint density at radius 2 is 0.760 bits per heavy atom. The van der Waals surface area contributed by atoms with Gasteiger partial charge in [-0.3, -0.25) is 0 Å². The maximum atomic E-state index is 5.05. The number of rotatable bonds is 5. The van der Waals surface area contributed by atoms with Crippen LogP contribution in [0.1, 0.15) is 0 Å². The van der Waals surface area contributed by atoms with Gasteiger partial charge in [0.25, 0.3) is 0 Å². The van der Waals surface area contributed by atoms with Crippen molar-refractivity contribution in [1.82, 2.24) is 15.0 Å². The topological polar surface area (TPSA) is 38.7 Å². The minimum absolute atomic E-state index is 0.652. The number of fused-ring (bicyclic) bond motifs is 6.